The first-order valence-electron chi connectivity index (χ1n) is 18.2. The Kier molecular flexibility index (Phi) is 8.75. The van der Waals surface area contributed by atoms with Gasteiger partial charge in [-0.05, 0) is 84.7 Å². The van der Waals surface area contributed by atoms with Gasteiger partial charge in [-0.3, -0.25) is 0 Å². The summed E-state index contributed by atoms with van der Waals surface area (Å²) in [6, 6.07) is 36.8. The summed E-state index contributed by atoms with van der Waals surface area (Å²) in [4.78, 5) is 0. The standard InChI is InChI=1S/C44H53NOSi2/c1-30-25-26-38-37(29-30)39-40(45(38)47-44(5,6)7)33-21-13-16-24-36(33)42(39)48(8,28-18-10-9-17-27-46-43(2,3)4)41-34-22-14-11-19-31(34)32-20-12-15-23-35(32)41/h11-16,19-26,29,41-42H,9-10,17-18,27-28H2,1-8H3. The van der Waals surface area contributed by atoms with Crippen LogP contribution in [0.2, 0.25) is 17.6 Å². The van der Waals surface area contributed by atoms with E-state index in [4.69, 9.17) is 4.74 Å². The molecule has 0 saturated heterocycles. The highest BCUT2D eigenvalue weighted by Gasteiger charge is 2.53. The van der Waals surface area contributed by atoms with Crippen LogP contribution >= 0.6 is 0 Å². The molecule has 4 heteroatoms. The Morgan fingerprint density at radius 2 is 1.25 bits per heavy atom. The van der Waals surface area contributed by atoms with Crippen molar-refractivity contribution in [3.05, 3.63) is 119 Å². The molecule has 0 amide bonds. The second-order valence-electron chi connectivity index (χ2n) is 16.7. The first kappa shape index (κ1) is 33.3. The van der Waals surface area contributed by atoms with E-state index in [2.05, 4.69) is 150 Å². The van der Waals surface area contributed by atoms with Gasteiger partial charge in [0.05, 0.1) is 13.7 Å². The van der Waals surface area contributed by atoms with Crippen LogP contribution in [0.4, 0.5) is 0 Å². The van der Waals surface area contributed by atoms with Gasteiger partial charge in [0.2, 0.25) is 0 Å². The molecule has 7 rings (SSSR count). The van der Waals surface area contributed by atoms with Gasteiger partial charge in [0.1, 0.15) is 0 Å². The topological polar surface area (TPSA) is 14.2 Å². The molecule has 1 aromatic heterocycles. The van der Waals surface area contributed by atoms with Gasteiger partial charge in [-0.15, -0.1) is 0 Å². The number of aromatic nitrogens is 1. The van der Waals surface area contributed by atoms with E-state index in [9.17, 15) is 0 Å². The summed E-state index contributed by atoms with van der Waals surface area (Å²) in [7, 11) is -1.53. The molecule has 2 nitrogen and oxygen atoms in total. The second-order valence-corrected chi connectivity index (χ2v) is 23.6. The Bertz CT molecular complexity index is 1910. The molecule has 0 bridgehead atoms. The molecule has 2 unspecified atom stereocenters. The molecule has 2 radical (unpaired) electrons. The lowest BCUT2D eigenvalue weighted by Gasteiger charge is -2.41. The van der Waals surface area contributed by atoms with Crippen LogP contribution in [0.5, 0.6) is 0 Å². The predicted octanol–water partition coefficient (Wildman–Crippen LogP) is 12.1. The average molecular weight is 668 g/mol. The van der Waals surface area contributed by atoms with Gasteiger partial charge in [-0.25, -0.2) is 0 Å². The second kappa shape index (κ2) is 12.6. The van der Waals surface area contributed by atoms with Crippen molar-refractivity contribution in [3.63, 3.8) is 0 Å². The normalized spacial score (nSPS) is 16.9. The van der Waals surface area contributed by atoms with E-state index in [-0.39, 0.29) is 10.6 Å². The van der Waals surface area contributed by atoms with Crippen LogP contribution in [-0.2, 0) is 4.74 Å². The number of aryl methyl sites for hydroxylation is 1. The van der Waals surface area contributed by atoms with Gasteiger partial charge >= 0.3 is 0 Å². The predicted molar refractivity (Wildman–Crippen MR) is 209 cm³/mol. The molecule has 2 aliphatic carbocycles. The first-order valence-corrected chi connectivity index (χ1v) is 22.0. The Morgan fingerprint density at radius 3 is 1.85 bits per heavy atom. The summed E-state index contributed by atoms with van der Waals surface area (Å²) in [5.74, 6) is 0. The third kappa shape index (κ3) is 5.99. The Labute approximate surface area is 292 Å². The average Bonchev–Trinajstić information content (AvgIpc) is 3.66. The molecular formula is C44H53NOSi2. The van der Waals surface area contributed by atoms with Gasteiger partial charge in [0.15, 0.2) is 9.68 Å². The first-order chi connectivity index (χ1) is 22.9. The number of hydrogen-bond acceptors (Lipinski definition) is 1. The molecule has 2 atom stereocenters. The lowest BCUT2D eigenvalue weighted by molar-refractivity contribution is -0.00471. The SMILES string of the molecule is Cc1ccc2c(c1)c1c(n2[Si]C(C)(C)C)-c2ccccc2C1[Si](C)(CCCCCCOC(C)(C)C)C1c2ccccc2-c2ccccc21. The van der Waals surface area contributed by atoms with Crippen LogP contribution in [0.1, 0.15) is 106 Å². The van der Waals surface area contributed by atoms with E-state index in [0.29, 0.717) is 20.8 Å². The Balaban J connectivity index is 1.40. The largest absolute Gasteiger partial charge is 0.376 e. The van der Waals surface area contributed by atoms with Crippen LogP contribution in [0.25, 0.3) is 33.3 Å². The minimum atomic E-state index is -2.21. The van der Waals surface area contributed by atoms with Gasteiger partial charge in [0, 0.05) is 39.8 Å². The van der Waals surface area contributed by atoms with Crippen LogP contribution in [0.3, 0.4) is 0 Å². The Morgan fingerprint density at radius 1 is 0.688 bits per heavy atom. The van der Waals surface area contributed by atoms with E-state index < -0.39 is 8.07 Å². The van der Waals surface area contributed by atoms with Crippen LogP contribution in [0.15, 0.2) is 91.0 Å². The van der Waals surface area contributed by atoms with Crippen molar-refractivity contribution in [1.82, 2.24) is 4.23 Å². The van der Waals surface area contributed by atoms with Gasteiger partial charge < -0.3 is 8.97 Å². The lowest BCUT2D eigenvalue weighted by Crippen LogP contribution is -2.45. The number of ether oxygens (including phenoxy) is 1. The maximum Gasteiger partial charge on any atom is 0.193 e. The molecule has 1 heterocycles. The molecule has 0 saturated carbocycles. The highest BCUT2D eigenvalue weighted by molar-refractivity contribution is 6.83. The van der Waals surface area contributed by atoms with E-state index >= 15 is 0 Å². The molecular weight excluding hydrogens is 615 g/mol. The van der Waals surface area contributed by atoms with Crippen LogP contribution < -0.4 is 0 Å². The molecule has 0 spiro atoms. The molecule has 0 aliphatic heterocycles. The van der Waals surface area contributed by atoms with Gasteiger partial charge in [-0.2, -0.15) is 0 Å². The highest BCUT2D eigenvalue weighted by Crippen LogP contribution is 2.60. The number of nitrogens with zero attached hydrogens (tertiary/aromatic N) is 1. The maximum atomic E-state index is 6.09. The van der Waals surface area contributed by atoms with Crippen LogP contribution in [-0.4, -0.2) is 34.2 Å². The van der Waals surface area contributed by atoms with Crippen molar-refractivity contribution in [3.8, 4) is 22.4 Å². The number of hydrogen-bond donors (Lipinski definition) is 0. The van der Waals surface area contributed by atoms with Crippen molar-refractivity contribution < 1.29 is 4.74 Å². The summed E-state index contributed by atoms with van der Waals surface area (Å²) in [5, 5.41) is 1.68. The van der Waals surface area contributed by atoms with Gasteiger partial charge in [-0.1, -0.05) is 137 Å². The fourth-order valence-electron chi connectivity index (χ4n) is 8.90. The zero-order chi connectivity index (χ0) is 33.8. The van der Waals surface area contributed by atoms with Crippen molar-refractivity contribution >= 4 is 28.7 Å². The number of benzene rings is 4. The number of fused-ring (bicyclic) bond motifs is 8. The zero-order valence-electron chi connectivity index (χ0n) is 30.4. The molecule has 2 aliphatic rings. The molecule has 4 aromatic carbocycles. The number of rotatable bonds is 10. The summed E-state index contributed by atoms with van der Waals surface area (Å²) >= 11 is 0. The summed E-state index contributed by atoms with van der Waals surface area (Å²) in [5.41, 5.74) is 15.8. The van der Waals surface area contributed by atoms with E-state index in [1.54, 1.807) is 22.3 Å². The Hall–Kier alpha value is -3.19. The lowest BCUT2D eigenvalue weighted by atomic mass is 10.1. The maximum absolute atomic E-state index is 6.09. The highest BCUT2D eigenvalue weighted by atomic mass is 28.3. The van der Waals surface area contributed by atoms with E-state index in [1.165, 1.54) is 64.2 Å². The van der Waals surface area contributed by atoms with Crippen molar-refractivity contribution in [2.45, 2.75) is 108 Å². The van der Waals surface area contributed by atoms with E-state index in [1.807, 2.05) is 0 Å². The molecule has 0 fully saturated rings. The van der Waals surface area contributed by atoms with Gasteiger partial charge in [0.25, 0.3) is 0 Å². The van der Waals surface area contributed by atoms with Crippen molar-refractivity contribution in [2.75, 3.05) is 6.61 Å². The van der Waals surface area contributed by atoms with Crippen molar-refractivity contribution in [2.24, 2.45) is 0 Å². The third-order valence-corrected chi connectivity index (χ3v) is 17.4. The summed E-state index contributed by atoms with van der Waals surface area (Å²) in [6.45, 7) is 19.6. The fourth-order valence-corrected chi connectivity index (χ4v) is 16.0. The molecule has 0 N–H and O–H groups in total. The summed E-state index contributed by atoms with van der Waals surface area (Å²) in [6.07, 6.45) is 4.91. The van der Waals surface area contributed by atoms with E-state index in [0.717, 1.165) is 13.0 Å². The molecule has 248 valence electrons. The quantitative estimate of drug-likeness (QED) is 0.107. The minimum Gasteiger partial charge on any atom is -0.376 e. The fraction of sp³-hybridized carbons (Fsp3) is 0.409. The van der Waals surface area contributed by atoms with Crippen molar-refractivity contribution in [1.29, 1.82) is 0 Å². The van der Waals surface area contributed by atoms with Crippen LogP contribution in [0, 0.1) is 6.92 Å². The minimum absolute atomic E-state index is 0.0621. The third-order valence-electron chi connectivity index (χ3n) is 10.7. The zero-order valence-corrected chi connectivity index (χ0v) is 32.4. The smallest absolute Gasteiger partial charge is 0.193 e. The monoisotopic (exact) mass is 667 g/mol. The summed E-state index contributed by atoms with van der Waals surface area (Å²) < 4.78 is 8.82. The number of unbranched alkanes of at least 4 members (excludes halogenated alkanes) is 3. The molecule has 5 aromatic rings. The molecule has 48 heavy (non-hydrogen) atoms.